The number of nitrogens with one attached hydrogen (secondary N) is 1. The summed E-state index contributed by atoms with van der Waals surface area (Å²) in [7, 11) is 1.60. The summed E-state index contributed by atoms with van der Waals surface area (Å²) in [5.74, 6) is 0.286. The summed E-state index contributed by atoms with van der Waals surface area (Å²) in [5.41, 5.74) is 7.64. The van der Waals surface area contributed by atoms with Crippen molar-refractivity contribution in [2.24, 2.45) is 5.73 Å². The summed E-state index contributed by atoms with van der Waals surface area (Å²) < 4.78 is 12.0. The Labute approximate surface area is 168 Å². The molecule has 28 heavy (non-hydrogen) atoms. The summed E-state index contributed by atoms with van der Waals surface area (Å²) in [6.45, 7) is 1.82. The van der Waals surface area contributed by atoms with Gasteiger partial charge in [0.05, 0.1) is 22.4 Å². The number of nitrogens with two attached hydrogens (primary N) is 1. The first kappa shape index (κ1) is 18.2. The molecule has 0 aliphatic heterocycles. The molecule has 0 bridgehead atoms. The first-order valence-electron chi connectivity index (χ1n) is 8.10. The van der Waals surface area contributed by atoms with Gasteiger partial charge in [-0.25, -0.2) is 4.98 Å². The van der Waals surface area contributed by atoms with Crippen molar-refractivity contribution in [3.63, 3.8) is 0 Å². The van der Waals surface area contributed by atoms with Crippen LogP contribution in [-0.2, 0) is 0 Å². The molecule has 4 aromatic rings. The molecule has 10 heteroatoms. The van der Waals surface area contributed by atoms with Crippen LogP contribution in [0.5, 0.6) is 5.75 Å². The second-order valence-corrected chi connectivity index (χ2v) is 7.31. The van der Waals surface area contributed by atoms with Crippen molar-refractivity contribution in [1.29, 1.82) is 0 Å². The Kier molecular flexibility index (Phi) is 4.62. The average molecular weight is 416 g/mol. The highest BCUT2D eigenvalue weighted by molar-refractivity contribution is 7.22. The van der Waals surface area contributed by atoms with Crippen LogP contribution in [0.15, 0.2) is 34.7 Å². The molecular weight excluding hydrogens is 402 g/mol. The summed E-state index contributed by atoms with van der Waals surface area (Å²) in [6, 6.07) is 9.03. The Bertz CT molecular complexity index is 1200. The van der Waals surface area contributed by atoms with Crippen LogP contribution < -0.4 is 15.8 Å². The van der Waals surface area contributed by atoms with E-state index < -0.39 is 5.91 Å². The predicted molar refractivity (Wildman–Crippen MR) is 107 cm³/mol. The van der Waals surface area contributed by atoms with Gasteiger partial charge in [0, 0.05) is 5.56 Å². The van der Waals surface area contributed by atoms with E-state index >= 15 is 0 Å². The highest BCUT2D eigenvalue weighted by atomic mass is 35.5. The summed E-state index contributed by atoms with van der Waals surface area (Å²) in [4.78, 5) is 16.0. The van der Waals surface area contributed by atoms with Crippen molar-refractivity contribution in [3.8, 4) is 17.2 Å². The molecule has 0 fully saturated rings. The molecule has 0 unspecified atom stereocenters. The largest absolute Gasteiger partial charge is 0.494 e. The van der Waals surface area contributed by atoms with Gasteiger partial charge in [-0.1, -0.05) is 34.1 Å². The van der Waals surface area contributed by atoms with Crippen molar-refractivity contribution < 1.29 is 13.9 Å². The maximum Gasteiger partial charge on any atom is 0.322 e. The number of aromatic nitrogens is 3. The first-order chi connectivity index (χ1) is 13.5. The summed E-state index contributed by atoms with van der Waals surface area (Å²) in [5, 5.41) is 11.9. The zero-order valence-corrected chi connectivity index (χ0v) is 16.4. The number of hydrogen-bond acceptors (Lipinski definition) is 8. The number of carbonyl (C=O) groups excluding carboxylic acids is 1. The van der Waals surface area contributed by atoms with Crippen molar-refractivity contribution in [1.82, 2.24) is 15.2 Å². The van der Waals surface area contributed by atoms with Gasteiger partial charge in [-0.3, -0.25) is 10.1 Å². The van der Waals surface area contributed by atoms with Crippen molar-refractivity contribution in [3.05, 3.63) is 46.5 Å². The molecule has 2 aromatic heterocycles. The molecule has 3 N–H and O–H groups in total. The molecule has 0 atom stereocenters. The third-order valence-corrected chi connectivity index (χ3v) is 5.30. The van der Waals surface area contributed by atoms with Gasteiger partial charge in [-0.15, -0.1) is 5.10 Å². The van der Waals surface area contributed by atoms with E-state index in [-0.39, 0.29) is 22.5 Å². The molecule has 8 nitrogen and oxygen atoms in total. The second-order valence-electron chi connectivity index (χ2n) is 5.87. The van der Waals surface area contributed by atoms with Crippen LogP contribution in [0.1, 0.15) is 15.9 Å². The number of ether oxygens (including phenoxy) is 1. The number of carbonyl (C=O) groups is 1. The van der Waals surface area contributed by atoms with Crippen LogP contribution in [0.4, 0.5) is 11.1 Å². The Balaban J connectivity index is 1.66. The van der Waals surface area contributed by atoms with E-state index in [2.05, 4.69) is 20.5 Å². The number of amides is 1. The molecular formula is C18H14ClN5O3S. The Hall–Kier alpha value is -3.17. The second kappa shape index (κ2) is 7.10. The highest BCUT2D eigenvalue weighted by Gasteiger charge is 2.17. The average Bonchev–Trinajstić information content (AvgIpc) is 3.27. The van der Waals surface area contributed by atoms with Crippen molar-refractivity contribution >= 4 is 50.2 Å². The number of nitrogens with zero attached hydrogens (tertiary/aromatic N) is 3. The van der Waals surface area contributed by atoms with Crippen LogP contribution in [0.25, 0.3) is 21.7 Å². The van der Waals surface area contributed by atoms with E-state index in [0.717, 1.165) is 15.8 Å². The minimum Gasteiger partial charge on any atom is -0.494 e. The van der Waals surface area contributed by atoms with E-state index in [1.807, 2.05) is 25.1 Å². The smallest absolute Gasteiger partial charge is 0.322 e. The van der Waals surface area contributed by atoms with Gasteiger partial charge in [0.1, 0.15) is 11.3 Å². The SMILES string of the molecule is COc1cccc2sc(Nc3nnc(-c4cc(C(N)=O)c(Cl)cc4C)o3)nc12. The molecule has 0 radical (unpaired) electrons. The standard InChI is InChI=1S/C18H14ClN5O3S/c1-8-6-11(19)10(15(20)25)7-9(8)16-23-24-17(27-16)22-18-21-14-12(26-2)4-3-5-13(14)28-18/h3-7H,1-2H3,(H2,20,25)(H,21,22,24). The molecule has 1 amide bonds. The Morgan fingerprint density at radius 1 is 1.32 bits per heavy atom. The van der Waals surface area contributed by atoms with Crippen LogP contribution in [0.3, 0.4) is 0 Å². The van der Waals surface area contributed by atoms with Gasteiger partial charge in [0.2, 0.25) is 11.8 Å². The number of primary amides is 1. The number of thiazole rings is 1. The maximum absolute atomic E-state index is 11.5. The number of benzene rings is 2. The lowest BCUT2D eigenvalue weighted by Crippen LogP contribution is -2.12. The molecule has 2 heterocycles. The van der Waals surface area contributed by atoms with Crippen LogP contribution in [0.2, 0.25) is 5.02 Å². The number of para-hydroxylation sites is 1. The van der Waals surface area contributed by atoms with Gasteiger partial charge in [-0.05, 0) is 36.8 Å². The molecule has 0 aliphatic rings. The predicted octanol–water partition coefficient (Wildman–Crippen LogP) is 4.16. The normalized spacial score (nSPS) is 11.0. The van der Waals surface area contributed by atoms with E-state index in [0.29, 0.717) is 16.4 Å². The molecule has 4 rings (SSSR count). The number of rotatable bonds is 5. The first-order valence-corrected chi connectivity index (χ1v) is 9.30. The molecule has 142 valence electrons. The quantitative estimate of drug-likeness (QED) is 0.502. The third kappa shape index (κ3) is 3.25. The number of methoxy groups -OCH3 is 1. The van der Waals surface area contributed by atoms with E-state index in [1.165, 1.54) is 11.3 Å². The zero-order valence-electron chi connectivity index (χ0n) is 14.8. The topological polar surface area (TPSA) is 116 Å². The molecule has 0 saturated carbocycles. The van der Waals surface area contributed by atoms with E-state index in [9.17, 15) is 4.79 Å². The minimum atomic E-state index is -0.632. The Morgan fingerprint density at radius 3 is 2.89 bits per heavy atom. The molecule has 0 saturated heterocycles. The number of hydrogen-bond donors (Lipinski definition) is 2. The number of halogens is 1. The van der Waals surface area contributed by atoms with Crippen molar-refractivity contribution in [2.75, 3.05) is 12.4 Å². The lowest BCUT2D eigenvalue weighted by Gasteiger charge is -2.05. The molecule has 0 spiro atoms. The fraction of sp³-hybridized carbons (Fsp3) is 0.111. The van der Waals surface area contributed by atoms with E-state index in [1.54, 1.807) is 19.2 Å². The van der Waals surface area contributed by atoms with Gasteiger partial charge in [0.25, 0.3) is 0 Å². The van der Waals surface area contributed by atoms with Crippen LogP contribution in [0, 0.1) is 6.92 Å². The Morgan fingerprint density at radius 2 is 2.14 bits per heavy atom. The summed E-state index contributed by atoms with van der Waals surface area (Å²) in [6.07, 6.45) is 0. The van der Waals surface area contributed by atoms with Gasteiger partial charge in [0.15, 0.2) is 5.13 Å². The highest BCUT2D eigenvalue weighted by Crippen LogP contribution is 2.34. The van der Waals surface area contributed by atoms with Gasteiger partial charge < -0.3 is 14.9 Å². The number of aryl methyl sites for hydroxylation is 1. The van der Waals surface area contributed by atoms with Gasteiger partial charge >= 0.3 is 6.01 Å². The minimum absolute atomic E-state index is 0.169. The lowest BCUT2D eigenvalue weighted by molar-refractivity contribution is 0.100. The fourth-order valence-corrected chi connectivity index (χ4v) is 3.89. The third-order valence-electron chi connectivity index (χ3n) is 4.05. The van der Waals surface area contributed by atoms with Crippen LogP contribution in [-0.4, -0.2) is 28.2 Å². The summed E-state index contributed by atoms with van der Waals surface area (Å²) >= 11 is 7.49. The number of anilines is 2. The maximum atomic E-state index is 11.5. The molecule has 2 aromatic carbocycles. The van der Waals surface area contributed by atoms with Crippen molar-refractivity contribution in [2.45, 2.75) is 6.92 Å². The van der Waals surface area contributed by atoms with Gasteiger partial charge in [-0.2, -0.15) is 0 Å². The van der Waals surface area contributed by atoms with E-state index in [4.69, 9.17) is 26.5 Å². The zero-order chi connectivity index (χ0) is 19.8. The monoisotopic (exact) mass is 415 g/mol. The molecule has 0 aliphatic carbocycles. The van der Waals surface area contributed by atoms with Crippen LogP contribution >= 0.6 is 22.9 Å². The fourth-order valence-electron chi connectivity index (χ4n) is 2.71. The number of fused-ring (bicyclic) bond motifs is 1. The lowest BCUT2D eigenvalue weighted by atomic mass is 10.0.